The van der Waals surface area contributed by atoms with Crippen LogP contribution in [-0.4, -0.2) is 85.4 Å². The number of rotatable bonds is 10. The monoisotopic (exact) mass is 797 g/mol. The van der Waals surface area contributed by atoms with Gasteiger partial charge in [-0.05, 0) is 58.4 Å². The molecule has 1 aromatic heterocycles. The second-order valence-corrected chi connectivity index (χ2v) is 17.0. The number of nitrogens with one attached hydrogen (secondary N) is 1. The van der Waals surface area contributed by atoms with Crippen molar-refractivity contribution in [1.29, 1.82) is 0 Å². The molecular weight excluding hydrogens is 748 g/mol. The van der Waals surface area contributed by atoms with Crippen LogP contribution >= 0.6 is 11.6 Å². The minimum Gasteiger partial charge on any atom is -0.480 e. The minimum absolute atomic E-state index is 0.0589. The third kappa shape index (κ3) is 8.05. The quantitative estimate of drug-likeness (QED) is 0.204. The predicted octanol–water partition coefficient (Wildman–Crippen LogP) is 7.99. The van der Waals surface area contributed by atoms with Crippen molar-refractivity contribution in [2.75, 3.05) is 39.6 Å². The summed E-state index contributed by atoms with van der Waals surface area (Å²) in [7, 11) is 0. The van der Waals surface area contributed by atoms with Crippen LogP contribution in [0.15, 0.2) is 42.6 Å². The van der Waals surface area contributed by atoms with Crippen molar-refractivity contribution in [1.82, 2.24) is 15.2 Å². The number of benzene rings is 2. The van der Waals surface area contributed by atoms with E-state index in [2.05, 4.69) is 10.3 Å². The lowest BCUT2D eigenvalue weighted by Gasteiger charge is -2.40. The minimum atomic E-state index is -1.25. The van der Waals surface area contributed by atoms with Crippen LogP contribution in [-0.2, 0) is 31.0 Å². The molecule has 1 N–H and O–H groups in total. The molecule has 302 valence electrons. The molecule has 56 heavy (non-hydrogen) atoms. The Labute approximate surface area is 331 Å². The third-order valence-corrected chi connectivity index (χ3v) is 11.3. The van der Waals surface area contributed by atoms with Crippen LogP contribution in [0, 0.1) is 17.0 Å². The molecule has 4 aliphatic rings. The summed E-state index contributed by atoms with van der Waals surface area (Å²) >= 11 is 6.86. The number of carbonyl (C=O) groups is 2. The molecule has 0 aliphatic carbocycles. The Kier molecular flexibility index (Phi) is 11.5. The van der Waals surface area contributed by atoms with E-state index in [0.717, 1.165) is 24.8 Å². The second-order valence-electron chi connectivity index (χ2n) is 16.6. The van der Waals surface area contributed by atoms with Crippen LogP contribution < -0.4 is 14.8 Å². The molecule has 3 fully saturated rings. The molecule has 2 amide bonds. The molecule has 3 aromatic rings. The summed E-state index contributed by atoms with van der Waals surface area (Å²) in [5.41, 5.74) is -1.85. The van der Waals surface area contributed by atoms with Gasteiger partial charge in [-0.1, -0.05) is 55.8 Å². The van der Waals surface area contributed by atoms with Gasteiger partial charge >= 0.3 is 6.09 Å². The molecule has 0 bridgehead atoms. The second kappa shape index (κ2) is 16.1. The zero-order valence-electron chi connectivity index (χ0n) is 32.6. The van der Waals surface area contributed by atoms with Gasteiger partial charge in [-0.3, -0.25) is 4.79 Å². The maximum absolute atomic E-state index is 17.2. The number of hydrogen-bond acceptors (Lipinski definition) is 9. The zero-order chi connectivity index (χ0) is 39.8. The van der Waals surface area contributed by atoms with Crippen molar-refractivity contribution in [2.24, 2.45) is 5.41 Å². The Hall–Kier alpha value is -4.04. The van der Waals surface area contributed by atoms with Crippen LogP contribution in [0.4, 0.5) is 13.6 Å². The SMILES string of the molecule is CC(C)(C)OC(=O)N1CCC[C@H]1[C@@]1(c2ccccc2)Cc2c(cc(F)c(Cl)c2-c2c(C(=O)N[C@@H]3COCC3(C)C)cnc(OCCO[C@H]3CCCCO3)c2F)O1. The number of carbonyl (C=O) groups excluding carboxylic acids is 2. The summed E-state index contributed by atoms with van der Waals surface area (Å²) in [6, 6.07) is 9.59. The fraction of sp³-hybridized carbons (Fsp3) is 0.548. The van der Waals surface area contributed by atoms with Crippen LogP contribution in [0.3, 0.4) is 0 Å². The smallest absolute Gasteiger partial charge is 0.410 e. The lowest BCUT2D eigenvalue weighted by atomic mass is 9.79. The Morgan fingerprint density at radius 3 is 2.55 bits per heavy atom. The molecule has 4 aliphatic heterocycles. The van der Waals surface area contributed by atoms with Gasteiger partial charge in [0.1, 0.15) is 23.8 Å². The number of ether oxygens (including phenoxy) is 6. The number of nitrogens with zero attached hydrogens (tertiary/aromatic N) is 2. The molecule has 0 unspecified atom stereocenters. The average Bonchev–Trinajstić information content (AvgIpc) is 3.89. The Morgan fingerprint density at radius 2 is 1.86 bits per heavy atom. The van der Waals surface area contributed by atoms with Gasteiger partial charge in [0.05, 0.1) is 42.5 Å². The van der Waals surface area contributed by atoms with Gasteiger partial charge < -0.3 is 38.6 Å². The first-order chi connectivity index (χ1) is 26.7. The largest absolute Gasteiger partial charge is 0.480 e. The van der Waals surface area contributed by atoms with Gasteiger partial charge in [0.25, 0.3) is 11.8 Å². The zero-order valence-corrected chi connectivity index (χ0v) is 33.3. The molecule has 14 heteroatoms. The molecule has 0 radical (unpaired) electrons. The Balaban J connectivity index is 1.31. The Bertz CT molecular complexity index is 1940. The van der Waals surface area contributed by atoms with Crippen LogP contribution in [0.1, 0.15) is 88.2 Å². The van der Waals surface area contributed by atoms with Crippen LogP contribution in [0.2, 0.25) is 5.02 Å². The third-order valence-electron chi connectivity index (χ3n) is 11.0. The highest BCUT2D eigenvalue weighted by molar-refractivity contribution is 6.34. The number of pyridine rings is 1. The standard InChI is InChI=1S/C42H50ClF2N3O8/c1-40(2,3)56-39(50)48-16-11-14-31(48)42(25-12-7-6-8-13-25)21-26-29(55-42)20-28(44)35(43)33(26)34-27(37(49)47-30-23-51-24-41(30,4)5)22-46-38(36(34)45)54-19-18-53-32-15-9-10-17-52-32/h6-8,12-13,20,22,30-32H,9-11,14-19,21,23-24H2,1-5H3,(H,47,49)/t30-,31+,32+,42+/m1/s1. The van der Waals surface area contributed by atoms with E-state index < -0.39 is 63.2 Å². The van der Waals surface area contributed by atoms with E-state index in [0.29, 0.717) is 38.2 Å². The first kappa shape index (κ1) is 40.2. The van der Waals surface area contributed by atoms with Crippen LogP contribution in [0.5, 0.6) is 11.6 Å². The summed E-state index contributed by atoms with van der Waals surface area (Å²) in [6.07, 6.45) is 4.31. The molecule has 11 nitrogen and oxygen atoms in total. The fourth-order valence-corrected chi connectivity index (χ4v) is 8.36. The number of hydrogen-bond donors (Lipinski definition) is 1. The number of aromatic nitrogens is 1. The van der Waals surface area contributed by atoms with Crippen LogP contribution in [0.25, 0.3) is 11.1 Å². The first-order valence-corrected chi connectivity index (χ1v) is 19.7. The highest BCUT2D eigenvalue weighted by Gasteiger charge is 2.54. The molecule has 3 saturated heterocycles. The lowest BCUT2D eigenvalue weighted by molar-refractivity contribution is -0.165. The van der Waals surface area contributed by atoms with Gasteiger partial charge in [-0.15, -0.1) is 0 Å². The summed E-state index contributed by atoms with van der Waals surface area (Å²) in [5.74, 6) is -2.83. The van der Waals surface area contributed by atoms with E-state index in [4.69, 9.17) is 40.0 Å². The van der Waals surface area contributed by atoms with Gasteiger partial charge in [0.2, 0.25) is 0 Å². The highest BCUT2D eigenvalue weighted by atomic mass is 35.5. The van der Waals surface area contributed by atoms with Gasteiger partial charge in [0, 0.05) is 53.9 Å². The van der Waals surface area contributed by atoms with E-state index in [9.17, 15) is 9.59 Å². The number of fused-ring (bicyclic) bond motifs is 1. The van der Waals surface area contributed by atoms with Crippen molar-refractivity contribution >= 4 is 23.6 Å². The normalized spacial score (nSPS) is 24.4. The van der Waals surface area contributed by atoms with Crippen molar-refractivity contribution in [2.45, 2.75) is 103 Å². The van der Waals surface area contributed by atoms with E-state index in [1.54, 1.807) is 25.7 Å². The van der Waals surface area contributed by atoms with Gasteiger partial charge in [-0.25, -0.2) is 18.6 Å². The van der Waals surface area contributed by atoms with Crippen molar-refractivity contribution < 1.29 is 46.8 Å². The fourth-order valence-electron chi connectivity index (χ4n) is 8.10. The maximum atomic E-state index is 17.2. The van der Waals surface area contributed by atoms with E-state index >= 15 is 8.78 Å². The summed E-state index contributed by atoms with van der Waals surface area (Å²) in [6.45, 7) is 11.0. The molecule has 0 saturated carbocycles. The number of likely N-dealkylation sites (tertiary alicyclic amines) is 1. The van der Waals surface area contributed by atoms with Gasteiger partial charge in [0.15, 0.2) is 17.7 Å². The molecule has 5 heterocycles. The average molecular weight is 798 g/mol. The lowest BCUT2D eigenvalue weighted by Crippen LogP contribution is -2.53. The molecule has 2 aromatic carbocycles. The number of amides is 2. The van der Waals surface area contributed by atoms with E-state index in [1.807, 2.05) is 44.2 Å². The molecular formula is C42H50ClF2N3O8. The summed E-state index contributed by atoms with van der Waals surface area (Å²) in [4.78, 5) is 33.8. The van der Waals surface area contributed by atoms with Crippen molar-refractivity contribution in [3.8, 4) is 22.8 Å². The summed E-state index contributed by atoms with van der Waals surface area (Å²) < 4.78 is 68.9. The predicted molar refractivity (Wildman–Crippen MR) is 204 cm³/mol. The first-order valence-electron chi connectivity index (χ1n) is 19.4. The van der Waals surface area contributed by atoms with E-state index in [1.165, 1.54) is 12.3 Å². The van der Waals surface area contributed by atoms with Crippen molar-refractivity contribution in [3.63, 3.8) is 0 Å². The molecule has 7 rings (SSSR count). The Morgan fingerprint density at radius 1 is 1.07 bits per heavy atom. The number of halogens is 3. The van der Waals surface area contributed by atoms with Gasteiger partial charge in [-0.2, -0.15) is 0 Å². The van der Waals surface area contributed by atoms with Crippen molar-refractivity contribution in [3.05, 3.63) is 75.9 Å². The molecule has 0 spiro atoms. The summed E-state index contributed by atoms with van der Waals surface area (Å²) in [5, 5.41) is 2.58. The van der Waals surface area contributed by atoms with E-state index in [-0.39, 0.29) is 55.0 Å². The molecule has 4 atom stereocenters. The highest BCUT2D eigenvalue weighted by Crippen LogP contribution is 2.53. The topological polar surface area (TPSA) is 118 Å². The maximum Gasteiger partial charge on any atom is 0.410 e.